The lowest BCUT2D eigenvalue weighted by Gasteiger charge is -2.36. The Balaban J connectivity index is 0.00000160. The van der Waals surface area contributed by atoms with E-state index in [0.29, 0.717) is 13.0 Å². The van der Waals surface area contributed by atoms with Gasteiger partial charge in [0.1, 0.15) is 5.82 Å². The van der Waals surface area contributed by atoms with Gasteiger partial charge < -0.3 is 10.2 Å². The largest absolute Gasteiger partial charge is 0.333 e. The van der Waals surface area contributed by atoms with Gasteiger partial charge in [-0.05, 0) is 29.3 Å². The number of nitrogens with zero attached hydrogens (tertiary/aromatic N) is 3. The van der Waals surface area contributed by atoms with Gasteiger partial charge in [0, 0.05) is 43.8 Å². The highest BCUT2D eigenvalue weighted by Crippen LogP contribution is 2.23. The van der Waals surface area contributed by atoms with Crippen molar-refractivity contribution in [2.45, 2.75) is 18.9 Å². The van der Waals surface area contributed by atoms with Crippen LogP contribution in [0.2, 0.25) is 0 Å². The summed E-state index contributed by atoms with van der Waals surface area (Å²) in [6.45, 7) is 2.19. The SMILES string of the molecule is Cl.Cl.O=C(Cc1csc(Cc2ccc(F)cc2)n1)N1CCNCC1c1cccnc1. The van der Waals surface area contributed by atoms with Gasteiger partial charge in [0.2, 0.25) is 5.91 Å². The molecule has 3 heterocycles. The summed E-state index contributed by atoms with van der Waals surface area (Å²) < 4.78 is 13.0. The van der Waals surface area contributed by atoms with Crippen molar-refractivity contribution >= 4 is 42.1 Å². The number of piperazine rings is 1. The molecule has 1 aromatic carbocycles. The van der Waals surface area contributed by atoms with E-state index in [1.165, 1.54) is 23.5 Å². The Labute approximate surface area is 191 Å². The van der Waals surface area contributed by atoms with Crippen LogP contribution in [0.25, 0.3) is 0 Å². The first-order chi connectivity index (χ1) is 13.7. The van der Waals surface area contributed by atoms with Crippen LogP contribution < -0.4 is 5.32 Å². The zero-order chi connectivity index (χ0) is 19.3. The number of hydrogen-bond acceptors (Lipinski definition) is 5. The van der Waals surface area contributed by atoms with Crippen LogP contribution in [0, 0.1) is 5.82 Å². The van der Waals surface area contributed by atoms with E-state index in [1.807, 2.05) is 28.6 Å². The van der Waals surface area contributed by atoms with Crippen molar-refractivity contribution < 1.29 is 9.18 Å². The van der Waals surface area contributed by atoms with Crippen molar-refractivity contribution in [3.05, 3.63) is 81.8 Å². The van der Waals surface area contributed by atoms with Crippen molar-refractivity contribution in [3.63, 3.8) is 0 Å². The minimum absolute atomic E-state index is 0. The fourth-order valence-electron chi connectivity index (χ4n) is 3.42. The summed E-state index contributed by atoms with van der Waals surface area (Å²) in [7, 11) is 0. The summed E-state index contributed by atoms with van der Waals surface area (Å²) in [5.41, 5.74) is 2.83. The van der Waals surface area contributed by atoms with Crippen LogP contribution in [0.15, 0.2) is 54.2 Å². The molecule has 4 rings (SSSR count). The molecule has 1 unspecified atom stereocenters. The van der Waals surface area contributed by atoms with Crippen molar-refractivity contribution in [2.75, 3.05) is 19.6 Å². The first kappa shape index (κ1) is 24.2. The zero-order valence-electron chi connectivity index (χ0n) is 16.2. The minimum atomic E-state index is -0.242. The Kier molecular flexibility index (Phi) is 9.17. The molecule has 0 aliphatic carbocycles. The molecular formula is C21H23Cl2FN4OS. The van der Waals surface area contributed by atoms with Crippen LogP contribution >= 0.6 is 36.2 Å². The molecule has 0 radical (unpaired) electrons. The van der Waals surface area contributed by atoms with Gasteiger partial charge in [0.25, 0.3) is 0 Å². The molecular weight excluding hydrogens is 446 g/mol. The fourth-order valence-corrected chi connectivity index (χ4v) is 4.25. The van der Waals surface area contributed by atoms with Crippen LogP contribution in [-0.2, 0) is 17.6 Å². The maximum absolute atomic E-state index is 13.0. The predicted octanol–water partition coefficient (Wildman–Crippen LogP) is 3.83. The Hall–Kier alpha value is -2.06. The highest BCUT2D eigenvalue weighted by Gasteiger charge is 2.28. The third-order valence-electron chi connectivity index (χ3n) is 4.83. The molecule has 9 heteroatoms. The second kappa shape index (κ2) is 11.4. The van der Waals surface area contributed by atoms with E-state index in [4.69, 9.17) is 0 Å². The number of pyridine rings is 1. The molecule has 1 atom stereocenters. The predicted molar refractivity (Wildman–Crippen MR) is 121 cm³/mol. The normalized spacial score (nSPS) is 15.8. The lowest BCUT2D eigenvalue weighted by atomic mass is 10.0. The standard InChI is InChI=1S/C21H21FN4OS.2ClH/c22-17-5-3-15(4-6-17)10-20-25-18(14-28-20)11-21(27)26-9-8-24-13-19(26)16-2-1-7-23-12-16;;/h1-7,12,14,19,24H,8-11,13H2;2*1H. The first-order valence-corrected chi connectivity index (χ1v) is 10.1. The number of hydrogen-bond donors (Lipinski definition) is 1. The molecule has 0 bridgehead atoms. The van der Waals surface area contributed by atoms with E-state index in [9.17, 15) is 9.18 Å². The molecule has 1 fully saturated rings. The average Bonchev–Trinajstić information content (AvgIpc) is 3.17. The molecule has 0 spiro atoms. The fraction of sp³-hybridized carbons (Fsp3) is 0.286. The van der Waals surface area contributed by atoms with E-state index in [-0.39, 0.29) is 49.0 Å². The van der Waals surface area contributed by atoms with Gasteiger partial charge in [-0.25, -0.2) is 9.37 Å². The van der Waals surface area contributed by atoms with Crippen molar-refractivity contribution in [1.82, 2.24) is 20.2 Å². The Morgan fingerprint density at radius 3 is 2.77 bits per heavy atom. The molecule has 2 aromatic heterocycles. The maximum atomic E-state index is 13.0. The third-order valence-corrected chi connectivity index (χ3v) is 5.73. The van der Waals surface area contributed by atoms with Gasteiger partial charge in [-0.15, -0.1) is 36.2 Å². The number of nitrogens with one attached hydrogen (secondary N) is 1. The molecule has 0 saturated carbocycles. The van der Waals surface area contributed by atoms with Crippen LogP contribution in [0.3, 0.4) is 0 Å². The van der Waals surface area contributed by atoms with Crippen molar-refractivity contribution in [1.29, 1.82) is 0 Å². The Morgan fingerprint density at radius 2 is 2.03 bits per heavy atom. The molecule has 1 amide bonds. The van der Waals surface area contributed by atoms with Crippen molar-refractivity contribution in [2.24, 2.45) is 0 Å². The summed E-state index contributed by atoms with van der Waals surface area (Å²) in [5, 5.41) is 6.23. The summed E-state index contributed by atoms with van der Waals surface area (Å²) in [4.78, 5) is 23.7. The number of benzene rings is 1. The summed E-state index contributed by atoms with van der Waals surface area (Å²) in [6.07, 6.45) is 4.49. The second-order valence-electron chi connectivity index (χ2n) is 6.81. The number of carbonyl (C=O) groups is 1. The van der Waals surface area contributed by atoms with E-state index < -0.39 is 0 Å². The highest BCUT2D eigenvalue weighted by molar-refractivity contribution is 7.09. The van der Waals surface area contributed by atoms with E-state index in [2.05, 4.69) is 15.3 Å². The Morgan fingerprint density at radius 1 is 1.23 bits per heavy atom. The average molecular weight is 469 g/mol. The quantitative estimate of drug-likeness (QED) is 0.617. The van der Waals surface area contributed by atoms with Gasteiger partial charge in [-0.2, -0.15) is 0 Å². The van der Waals surface area contributed by atoms with Gasteiger partial charge >= 0.3 is 0 Å². The van der Waals surface area contributed by atoms with Gasteiger partial charge in [-0.1, -0.05) is 18.2 Å². The second-order valence-corrected chi connectivity index (χ2v) is 7.75. The lowest BCUT2D eigenvalue weighted by molar-refractivity contribution is -0.133. The number of carbonyl (C=O) groups excluding carboxylic acids is 1. The number of thiazole rings is 1. The molecule has 1 aliphatic rings. The molecule has 160 valence electrons. The van der Waals surface area contributed by atoms with Gasteiger partial charge in [-0.3, -0.25) is 9.78 Å². The first-order valence-electron chi connectivity index (χ1n) is 9.27. The summed E-state index contributed by atoms with van der Waals surface area (Å²) in [6, 6.07) is 10.3. The van der Waals surface area contributed by atoms with Crippen LogP contribution in [0.4, 0.5) is 4.39 Å². The lowest BCUT2D eigenvalue weighted by Crippen LogP contribution is -2.49. The van der Waals surface area contributed by atoms with Crippen LogP contribution in [-0.4, -0.2) is 40.4 Å². The van der Waals surface area contributed by atoms with Gasteiger partial charge in [0.15, 0.2) is 0 Å². The number of aromatic nitrogens is 2. The number of amides is 1. The molecule has 3 aromatic rings. The summed E-state index contributed by atoms with van der Waals surface area (Å²) >= 11 is 1.54. The van der Waals surface area contributed by atoms with E-state index in [0.717, 1.165) is 34.9 Å². The molecule has 30 heavy (non-hydrogen) atoms. The third kappa shape index (κ3) is 5.98. The van der Waals surface area contributed by atoms with Crippen LogP contribution in [0.5, 0.6) is 0 Å². The van der Waals surface area contributed by atoms with Crippen molar-refractivity contribution in [3.8, 4) is 0 Å². The van der Waals surface area contributed by atoms with Crippen LogP contribution in [0.1, 0.15) is 27.9 Å². The highest BCUT2D eigenvalue weighted by atomic mass is 35.5. The number of halogens is 3. The minimum Gasteiger partial charge on any atom is -0.333 e. The number of rotatable bonds is 5. The smallest absolute Gasteiger partial charge is 0.229 e. The van der Waals surface area contributed by atoms with E-state index >= 15 is 0 Å². The topological polar surface area (TPSA) is 58.1 Å². The molecule has 5 nitrogen and oxygen atoms in total. The molecule has 1 aliphatic heterocycles. The maximum Gasteiger partial charge on any atom is 0.229 e. The van der Waals surface area contributed by atoms with Gasteiger partial charge in [0.05, 0.1) is 23.2 Å². The molecule has 1 saturated heterocycles. The monoisotopic (exact) mass is 468 g/mol. The van der Waals surface area contributed by atoms with E-state index in [1.54, 1.807) is 18.3 Å². The summed E-state index contributed by atoms with van der Waals surface area (Å²) in [5.74, 6) is -0.164. The Bertz CT molecular complexity index is 940. The molecule has 1 N–H and O–H groups in total. The zero-order valence-corrected chi connectivity index (χ0v) is 18.6.